The van der Waals surface area contributed by atoms with E-state index in [9.17, 15) is 0 Å². The molecule has 0 aliphatic rings. The van der Waals surface area contributed by atoms with Crippen molar-refractivity contribution >= 4 is 5.82 Å². The molecule has 0 radical (unpaired) electrons. The van der Waals surface area contributed by atoms with E-state index in [4.69, 9.17) is 5.26 Å². The van der Waals surface area contributed by atoms with Crippen molar-refractivity contribution in [2.24, 2.45) is 0 Å². The van der Waals surface area contributed by atoms with Gasteiger partial charge in [0.05, 0.1) is 6.07 Å². The zero-order chi connectivity index (χ0) is 11.1. The molecule has 0 unspecified atom stereocenters. The number of anilines is 1. The van der Waals surface area contributed by atoms with Crippen LogP contribution < -0.4 is 5.32 Å². The predicted molar refractivity (Wildman–Crippen MR) is 60.3 cm³/mol. The summed E-state index contributed by atoms with van der Waals surface area (Å²) < 4.78 is 0. The summed E-state index contributed by atoms with van der Waals surface area (Å²) in [6, 6.07) is 6.15. The molecule has 0 atom stereocenters. The van der Waals surface area contributed by atoms with Crippen LogP contribution >= 0.6 is 0 Å². The summed E-state index contributed by atoms with van der Waals surface area (Å²) in [5.74, 6) is 0.876. The summed E-state index contributed by atoms with van der Waals surface area (Å²) in [5.41, 5.74) is 1.20. The van der Waals surface area contributed by atoms with E-state index in [-0.39, 0.29) is 0 Å². The molecule has 1 N–H and O–H groups in total. The van der Waals surface area contributed by atoms with Crippen molar-refractivity contribution in [3.63, 3.8) is 0 Å². The van der Waals surface area contributed by atoms with Gasteiger partial charge in [-0.15, -0.1) is 0 Å². The molecule has 0 fully saturated rings. The normalized spacial score (nSPS) is 10.0. The van der Waals surface area contributed by atoms with Crippen molar-refractivity contribution in [3.8, 4) is 6.07 Å². The summed E-state index contributed by atoms with van der Waals surface area (Å²) in [5, 5.41) is 11.5. The highest BCUT2D eigenvalue weighted by atomic mass is 15.1. The maximum absolute atomic E-state index is 8.47. The molecule has 1 aromatic rings. The van der Waals surface area contributed by atoms with E-state index in [1.807, 2.05) is 26.2 Å². The molecule has 1 heterocycles. The Morgan fingerprint density at radius 2 is 2.40 bits per heavy atom. The standard InChI is InChI=1S/C11H16N4/c1-13-11-8-10(4-6-14-11)9-15(2)7-3-5-12/h4,6,8H,3,7,9H2,1-2H3,(H,13,14). The van der Waals surface area contributed by atoms with Crippen LogP contribution in [0.15, 0.2) is 18.3 Å². The fourth-order valence-electron chi connectivity index (χ4n) is 1.34. The topological polar surface area (TPSA) is 52.0 Å². The molecule has 0 saturated heterocycles. The lowest BCUT2D eigenvalue weighted by Crippen LogP contribution is -2.18. The van der Waals surface area contributed by atoms with E-state index >= 15 is 0 Å². The average Bonchev–Trinajstić information content (AvgIpc) is 2.26. The fraction of sp³-hybridized carbons (Fsp3) is 0.455. The highest BCUT2D eigenvalue weighted by Crippen LogP contribution is 2.08. The first-order chi connectivity index (χ1) is 7.26. The van der Waals surface area contributed by atoms with Crippen LogP contribution in [0.2, 0.25) is 0 Å². The number of pyridine rings is 1. The van der Waals surface area contributed by atoms with Crippen molar-refractivity contribution in [2.45, 2.75) is 13.0 Å². The average molecular weight is 204 g/mol. The number of rotatable bonds is 5. The molecule has 0 saturated carbocycles. The third-order valence-corrected chi connectivity index (χ3v) is 2.14. The summed E-state index contributed by atoms with van der Waals surface area (Å²) in [6.07, 6.45) is 2.36. The van der Waals surface area contributed by atoms with E-state index in [0.717, 1.165) is 18.9 Å². The highest BCUT2D eigenvalue weighted by Gasteiger charge is 2.00. The number of nitriles is 1. The van der Waals surface area contributed by atoms with Gasteiger partial charge in [-0.05, 0) is 24.7 Å². The maximum Gasteiger partial charge on any atom is 0.125 e. The smallest absolute Gasteiger partial charge is 0.125 e. The molecule has 15 heavy (non-hydrogen) atoms. The van der Waals surface area contributed by atoms with Crippen LogP contribution in [0.3, 0.4) is 0 Å². The Morgan fingerprint density at radius 3 is 3.07 bits per heavy atom. The van der Waals surface area contributed by atoms with Crippen LogP contribution in [0.5, 0.6) is 0 Å². The summed E-state index contributed by atoms with van der Waals surface area (Å²) in [7, 11) is 3.86. The van der Waals surface area contributed by atoms with Gasteiger partial charge in [-0.25, -0.2) is 4.98 Å². The van der Waals surface area contributed by atoms with Gasteiger partial charge in [0.2, 0.25) is 0 Å². The van der Waals surface area contributed by atoms with Gasteiger partial charge in [0.25, 0.3) is 0 Å². The van der Waals surface area contributed by atoms with E-state index in [0.29, 0.717) is 6.42 Å². The molecular formula is C11H16N4. The molecule has 0 spiro atoms. The van der Waals surface area contributed by atoms with Crippen molar-refractivity contribution in [2.75, 3.05) is 26.0 Å². The largest absolute Gasteiger partial charge is 0.373 e. The van der Waals surface area contributed by atoms with Crippen LogP contribution in [-0.2, 0) is 6.54 Å². The minimum Gasteiger partial charge on any atom is -0.373 e. The Bertz CT molecular complexity index is 343. The van der Waals surface area contributed by atoms with Crippen molar-refractivity contribution in [1.29, 1.82) is 5.26 Å². The zero-order valence-corrected chi connectivity index (χ0v) is 9.20. The molecule has 4 nitrogen and oxygen atoms in total. The van der Waals surface area contributed by atoms with Crippen LogP contribution in [-0.4, -0.2) is 30.5 Å². The van der Waals surface area contributed by atoms with Crippen LogP contribution in [0.1, 0.15) is 12.0 Å². The van der Waals surface area contributed by atoms with Gasteiger partial charge in [-0.3, -0.25) is 0 Å². The monoisotopic (exact) mass is 204 g/mol. The molecule has 0 aliphatic heterocycles. The van der Waals surface area contributed by atoms with Gasteiger partial charge in [-0.2, -0.15) is 5.26 Å². The van der Waals surface area contributed by atoms with Crippen molar-refractivity contribution in [3.05, 3.63) is 23.9 Å². The Labute approximate surface area is 90.5 Å². The lowest BCUT2D eigenvalue weighted by molar-refractivity contribution is 0.335. The number of aromatic nitrogens is 1. The first-order valence-corrected chi connectivity index (χ1v) is 4.94. The van der Waals surface area contributed by atoms with Crippen LogP contribution in [0.4, 0.5) is 5.82 Å². The van der Waals surface area contributed by atoms with Crippen molar-refractivity contribution < 1.29 is 0 Å². The van der Waals surface area contributed by atoms with E-state index in [1.54, 1.807) is 6.20 Å². The minimum atomic E-state index is 0.570. The number of nitrogens with one attached hydrogen (secondary N) is 1. The Morgan fingerprint density at radius 1 is 1.60 bits per heavy atom. The number of nitrogens with zero attached hydrogens (tertiary/aromatic N) is 3. The molecule has 0 aliphatic carbocycles. The highest BCUT2D eigenvalue weighted by molar-refractivity contribution is 5.36. The third kappa shape index (κ3) is 3.96. The van der Waals surface area contributed by atoms with E-state index in [2.05, 4.69) is 21.3 Å². The third-order valence-electron chi connectivity index (χ3n) is 2.14. The second-order valence-corrected chi connectivity index (χ2v) is 3.45. The maximum atomic E-state index is 8.47. The molecule has 1 aromatic heterocycles. The van der Waals surface area contributed by atoms with Gasteiger partial charge >= 0.3 is 0 Å². The molecule has 4 heteroatoms. The SMILES string of the molecule is CNc1cc(CN(C)CCC#N)ccn1. The summed E-state index contributed by atoms with van der Waals surface area (Å²) in [4.78, 5) is 6.27. The second-order valence-electron chi connectivity index (χ2n) is 3.45. The molecule has 0 bridgehead atoms. The van der Waals surface area contributed by atoms with Gasteiger partial charge in [0.15, 0.2) is 0 Å². The van der Waals surface area contributed by atoms with Gasteiger partial charge in [-0.1, -0.05) is 0 Å². The van der Waals surface area contributed by atoms with Crippen LogP contribution in [0, 0.1) is 11.3 Å². The molecule has 0 amide bonds. The van der Waals surface area contributed by atoms with Gasteiger partial charge in [0, 0.05) is 32.8 Å². The Hall–Kier alpha value is -1.60. The van der Waals surface area contributed by atoms with Crippen molar-refractivity contribution in [1.82, 2.24) is 9.88 Å². The Kier molecular flexibility index (Phi) is 4.58. The second kappa shape index (κ2) is 5.99. The van der Waals surface area contributed by atoms with Crippen LogP contribution in [0.25, 0.3) is 0 Å². The molecule has 1 rings (SSSR count). The lowest BCUT2D eigenvalue weighted by Gasteiger charge is -2.14. The fourth-order valence-corrected chi connectivity index (χ4v) is 1.34. The number of hydrogen-bond donors (Lipinski definition) is 1. The Balaban J connectivity index is 2.52. The molecule has 80 valence electrons. The summed E-state index contributed by atoms with van der Waals surface area (Å²) in [6.45, 7) is 1.65. The number of hydrogen-bond acceptors (Lipinski definition) is 4. The minimum absolute atomic E-state index is 0.570. The molecular weight excluding hydrogens is 188 g/mol. The summed E-state index contributed by atoms with van der Waals surface area (Å²) >= 11 is 0. The van der Waals surface area contributed by atoms with Gasteiger partial charge in [0.1, 0.15) is 5.82 Å². The lowest BCUT2D eigenvalue weighted by atomic mass is 10.2. The van der Waals surface area contributed by atoms with E-state index < -0.39 is 0 Å². The molecule has 0 aromatic carbocycles. The van der Waals surface area contributed by atoms with E-state index in [1.165, 1.54) is 5.56 Å². The van der Waals surface area contributed by atoms with Gasteiger partial charge < -0.3 is 10.2 Å². The predicted octanol–water partition coefficient (Wildman–Crippen LogP) is 1.47. The zero-order valence-electron chi connectivity index (χ0n) is 9.20. The first-order valence-electron chi connectivity index (χ1n) is 4.94. The quantitative estimate of drug-likeness (QED) is 0.789. The first kappa shape index (κ1) is 11.5.